The van der Waals surface area contributed by atoms with Gasteiger partial charge in [0, 0.05) is 19.1 Å². The summed E-state index contributed by atoms with van der Waals surface area (Å²) in [6.45, 7) is 2.81. The summed E-state index contributed by atoms with van der Waals surface area (Å²) in [4.78, 5) is 19.6. The number of halogens is 2. The Morgan fingerprint density at radius 1 is 1.28 bits per heavy atom. The zero-order valence-corrected chi connectivity index (χ0v) is 16.3. The van der Waals surface area contributed by atoms with E-state index in [4.69, 9.17) is 4.42 Å². The van der Waals surface area contributed by atoms with E-state index >= 15 is 0 Å². The molecule has 1 aliphatic heterocycles. The van der Waals surface area contributed by atoms with E-state index in [1.165, 1.54) is 24.2 Å². The molecule has 0 radical (unpaired) electrons. The second-order valence-corrected chi connectivity index (χ2v) is 7.46. The molecule has 0 bridgehead atoms. The molecule has 5 nitrogen and oxygen atoms in total. The maximum Gasteiger partial charge on any atom is 0.265 e. The van der Waals surface area contributed by atoms with Crippen molar-refractivity contribution in [2.24, 2.45) is 5.92 Å². The number of thiazole rings is 1. The van der Waals surface area contributed by atoms with Crippen LogP contribution in [0.15, 0.2) is 29.0 Å². The number of amides is 1. The van der Waals surface area contributed by atoms with E-state index in [0.717, 1.165) is 49.2 Å². The summed E-state index contributed by atoms with van der Waals surface area (Å²) in [5.74, 6) is 1.73. The molecule has 0 unspecified atom stereocenters. The number of carbonyl (C=O) groups is 1. The minimum Gasteiger partial charge on any atom is -0.462 e. The van der Waals surface area contributed by atoms with Crippen molar-refractivity contribution in [3.63, 3.8) is 0 Å². The van der Waals surface area contributed by atoms with Crippen molar-refractivity contribution >= 4 is 42.1 Å². The predicted octanol–water partition coefficient (Wildman–Crippen LogP) is 3.85. The number of aromatic nitrogens is 1. The number of piperidine rings is 1. The molecule has 1 saturated carbocycles. The SMILES string of the molecule is Cl.Cl.O=C(c1cnc(-c2ccco2)s1)N1CCC(NCC2CC2)CC1. The summed E-state index contributed by atoms with van der Waals surface area (Å²) < 4.78 is 5.34. The lowest BCUT2D eigenvalue weighted by molar-refractivity contribution is 0.0709. The fourth-order valence-electron chi connectivity index (χ4n) is 2.98. The maximum atomic E-state index is 12.6. The Bertz CT molecular complexity index is 665. The van der Waals surface area contributed by atoms with Crippen molar-refractivity contribution < 1.29 is 9.21 Å². The number of nitrogens with zero attached hydrogens (tertiary/aromatic N) is 2. The van der Waals surface area contributed by atoms with Gasteiger partial charge in [-0.3, -0.25) is 4.79 Å². The van der Waals surface area contributed by atoms with Crippen molar-refractivity contribution in [3.8, 4) is 10.8 Å². The molecular formula is C17H23Cl2N3O2S. The zero-order valence-electron chi connectivity index (χ0n) is 13.8. The molecule has 0 aromatic carbocycles. The van der Waals surface area contributed by atoms with Gasteiger partial charge in [-0.1, -0.05) is 0 Å². The highest BCUT2D eigenvalue weighted by Gasteiger charge is 2.27. The molecule has 1 N–H and O–H groups in total. The lowest BCUT2D eigenvalue weighted by Gasteiger charge is -2.32. The first-order chi connectivity index (χ1) is 11.3. The minimum atomic E-state index is 0. The van der Waals surface area contributed by atoms with Crippen LogP contribution in [-0.4, -0.2) is 41.5 Å². The number of hydrogen-bond donors (Lipinski definition) is 1. The highest BCUT2D eigenvalue weighted by Crippen LogP contribution is 2.29. The number of nitrogens with one attached hydrogen (secondary N) is 1. The van der Waals surface area contributed by atoms with Gasteiger partial charge in [0.25, 0.3) is 5.91 Å². The smallest absolute Gasteiger partial charge is 0.265 e. The van der Waals surface area contributed by atoms with Crippen LogP contribution in [0.25, 0.3) is 10.8 Å². The first kappa shape index (κ1) is 20.2. The summed E-state index contributed by atoms with van der Waals surface area (Å²) in [7, 11) is 0. The first-order valence-electron chi connectivity index (χ1n) is 8.32. The van der Waals surface area contributed by atoms with Gasteiger partial charge in [-0.05, 0) is 50.3 Å². The molecule has 2 aromatic heterocycles. The average molecular weight is 404 g/mol. The Morgan fingerprint density at radius 2 is 2.04 bits per heavy atom. The van der Waals surface area contributed by atoms with Crippen LogP contribution in [0.3, 0.4) is 0 Å². The molecule has 3 heterocycles. The van der Waals surface area contributed by atoms with Gasteiger partial charge in [0.15, 0.2) is 10.8 Å². The first-order valence-corrected chi connectivity index (χ1v) is 9.13. The standard InChI is InChI=1S/C17H21N3O2S.2ClH/c21-17(15-11-19-16(23-15)14-2-1-9-22-14)20-7-5-13(6-8-20)18-10-12-3-4-12;;/h1-2,9,11-13,18H,3-8,10H2;2*1H. The van der Waals surface area contributed by atoms with Gasteiger partial charge in [0.2, 0.25) is 0 Å². The van der Waals surface area contributed by atoms with Crippen LogP contribution in [-0.2, 0) is 0 Å². The molecule has 138 valence electrons. The second kappa shape index (κ2) is 9.03. The van der Waals surface area contributed by atoms with Gasteiger partial charge in [0.05, 0.1) is 12.5 Å². The Labute approximate surface area is 164 Å². The fraction of sp³-hybridized carbons (Fsp3) is 0.529. The molecule has 1 amide bonds. The van der Waals surface area contributed by atoms with E-state index in [-0.39, 0.29) is 30.7 Å². The Balaban J connectivity index is 0.00000113. The van der Waals surface area contributed by atoms with E-state index in [2.05, 4.69) is 10.3 Å². The third kappa shape index (κ3) is 4.97. The van der Waals surface area contributed by atoms with Crippen LogP contribution < -0.4 is 5.32 Å². The normalized spacial score (nSPS) is 17.7. The van der Waals surface area contributed by atoms with Crippen molar-refractivity contribution in [2.45, 2.75) is 31.7 Å². The highest BCUT2D eigenvalue weighted by atomic mass is 35.5. The number of hydrogen-bond acceptors (Lipinski definition) is 5. The van der Waals surface area contributed by atoms with Gasteiger partial charge in [-0.15, -0.1) is 36.2 Å². The topological polar surface area (TPSA) is 58.4 Å². The van der Waals surface area contributed by atoms with Gasteiger partial charge >= 0.3 is 0 Å². The van der Waals surface area contributed by atoms with Crippen LogP contribution >= 0.6 is 36.2 Å². The van der Waals surface area contributed by atoms with Crippen LogP contribution in [0.5, 0.6) is 0 Å². The highest BCUT2D eigenvalue weighted by molar-refractivity contribution is 7.16. The summed E-state index contributed by atoms with van der Waals surface area (Å²) >= 11 is 1.40. The van der Waals surface area contributed by atoms with E-state index in [0.29, 0.717) is 10.9 Å². The van der Waals surface area contributed by atoms with Crippen LogP contribution in [0.1, 0.15) is 35.4 Å². The van der Waals surface area contributed by atoms with Crippen LogP contribution in [0, 0.1) is 5.92 Å². The predicted molar refractivity (Wildman–Crippen MR) is 104 cm³/mol. The molecule has 1 saturated heterocycles. The lowest BCUT2D eigenvalue weighted by atomic mass is 10.0. The van der Waals surface area contributed by atoms with Crippen molar-refractivity contribution in [2.75, 3.05) is 19.6 Å². The van der Waals surface area contributed by atoms with Crippen molar-refractivity contribution in [3.05, 3.63) is 29.5 Å². The molecule has 1 aliphatic carbocycles. The zero-order chi connectivity index (χ0) is 15.6. The molecule has 2 aliphatic rings. The number of furan rings is 1. The van der Waals surface area contributed by atoms with E-state index < -0.39 is 0 Å². The second-order valence-electron chi connectivity index (χ2n) is 6.43. The molecule has 2 fully saturated rings. The third-order valence-corrected chi connectivity index (χ3v) is 5.62. The largest absolute Gasteiger partial charge is 0.462 e. The van der Waals surface area contributed by atoms with Crippen molar-refractivity contribution in [1.82, 2.24) is 15.2 Å². The number of likely N-dealkylation sites (tertiary alicyclic amines) is 1. The van der Waals surface area contributed by atoms with Crippen LogP contribution in [0.2, 0.25) is 0 Å². The Morgan fingerprint density at radius 3 is 2.68 bits per heavy atom. The van der Waals surface area contributed by atoms with Gasteiger partial charge in [-0.25, -0.2) is 4.98 Å². The Kier molecular flexibility index (Phi) is 7.31. The van der Waals surface area contributed by atoms with E-state index in [1.807, 2.05) is 17.0 Å². The molecule has 25 heavy (non-hydrogen) atoms. The molecule has 0 spiro atoms. The van der Waals surface area contributed by atoms with Crippen LogP contribution in [0.4, 0.5) is 0 Å². The number of rotatable bonds is 5. The molecule has 8 heteroatoms. The molecule has 2 aromatic rings. The van der Waals surface area contributed by atoms with Gasteiger partial charge < -0.3 is 14.6 Å². The average Bonchev–Trinajstić information content (AvgIpc) is 3.04. The summed E-state index contributed by atoms with van der Waals surface area (Å²) in [5.41, 5.74) is 0. The Hall–Kier alpha value is -1.08. The fourth-order valence-corrected chi connectivity index (χ4v) is 3.84. The molecule has 0 atom stereocenters. The number of carbonyl (C=O) groups excluding carboxylic acids is 1. The van der Waals surface area contributed by atoms with E-state index in [9.17, 15) is 4.79 Å². The molecular weight excluding hydrogens is 381 g/mol. The van der Waals surface area contributed by atoms with E-state index in [1.54, 1.807) is 12.5 Å². The molecule has 4 rings (SSSR count). The lowest BCUT2D eigenvalue weighted by Crippen LogP contribution is -2.45. The minimum absolute atomic E-state index is 0. The third-order valence-electron chi connectivity index (χ3n) is 4.62. The summed E-state index contributed by atoms with van der Waals surface area (Å²) in [5, 5.41) is 4.41. The quantitative estimate of drug-likeness (QED) is 0.823. The van der Waals surface area contributed by atoms with Crippen molar-refractivity contribution in [1.29, 1.82) is 0 Å². The summed E-state index contributed by atoms with van der Waals surface area (Å²) in [6.07, 6.45) is 8.14. The maximum absolute atomic E-state index is 12.6. The van der Waals surface area contributed by atoms with Gasteiger partial charge in [-0.2, -0.15) is 0 Å². The van der Waals surface area contributed by atoms with Gasteiger partial charge in [0.1, 0.15) is 4.88 Å². The summed E-state index contributed by atoms with van der Waals surface area (Å²) in [6, 6.07) is 4.27. The monoisotopic (exact) mass is 403 g/mol.